The maximum Gasteiger partial charge on any atom is 0.247 e. The third-order valence-electron chi connectivity index (χ3n) is 3.19. The molecular formula is C15H23N3O4S. The average Bonchev–Trinajstić information content (AvgIpc) is 2.44. The summed E-state index contributed by atoms with van der Waals surface area (Å²) in [5, 5.41) is 5.23. The summed E-state index contributed by atoms with van der Waals surface area (Å²) in [5.74, 6) is -0.801. The van der Waals surface area contributed by atoms with Crippen LogP contribution in [0, 0.1) is 5.92 Å². The third-order valence-corrected chi connectivity index (χ3v) is 5.00. The highest BCUT2D eigenvalue weighted by atomic mass is 32.2. The van der Waals surface area contributed by atoms with Crippen LogP contribution in [0.15, 0.2) is 29.2 Å². The first-order chi connectivity index (χ1) is 10.6. The van der Waals surface area contributed by atoms with Gasteiger partial charge in [0.05, 0.1) is 4.90 Å². The van der Waals surface area contributed by atoms with Gasteiger partial charge in [0.1, 0.15) is 6.04 Å². The minimum atomic E-state index is -3.58. The molecule has 0 saturated carbocycles. The fourth-order valence-electron chi connectivity index (χ4n) is 1.92. The van der Waals surface area contributed by atoms with Crippen LogP contribution in [0.3, 0.4) is 0 Å². The molecule has 0 bridgehead atoms. The van der Waals surface area contributed by atoms with Gasteiger partial charge in [0.2, 0.25) is 21.8 Å². The Kier molecular flexibility index (Phi) is 6.28. The first-order valence-corrected chi connectivity index (χ1v) is 8.60. The molecule has 23 heavy (non-hydrogen) atoms. The summed E-state index contributed by atoms with van der Waals surface area (Å²) in [6.45, 7) is 4.97. The largest absolute Gasteiger partial charge is 0.344 e. The lowest BCUT2D eigenvalue weighted by Gasteiger charge is -2.21. The summed E-state index contributed by atoms with van der Waals surface area (Å²) in [4.78, 5) is 23.6. The summed E-state index contributed by atoms with van der Waals surface area (Å²) in [7, 11) is -0.705. The summed E-state index contributed by atoms with van der Waals surface area (Å²) in [5.41, 5.74) is 0.355. The molecule has 0 saturated heterocycles. The maximum atomic E-state index is 12.3. The van der Waals surface area contributed by atoms with E-state index in [-0.39, 0.29) is 16.7 Å². The first-order valence-electron chi connectivity index (χ1n) is 7.16. The third kappa shape index (κ3) is 5.04. The Morgan fingerprint density at radius 1 is 1.17 bits per heavy atom. The van der Waals surface area contributed by atoms with E-state index in [0.717, 1.165) is 4.31 Å². The molecule has 0 aliphatic heterocycles. The molecule has 1 rings (SSSR count). The van der Waals surface area contributed by atoms with Crippen LogP contribution in [-0.2, 0) is 19.6 Å². The zero-order valence-electron chi connectivity index (χ0n) is 14.0. The molecular weight excluding hydrogens is 318 g/mol. The molecule has 8 heteroatoms. The Bertz CT molecular complexity index is 684. The Morgan fingerprint density at radius 2 is 1.78 bits per heavy atom. The zero-order valence-corrected chi connectivity index (χ0v) is 14.8. The number of sulfonamides is 1. The van der Waals surface area contributed by atoms with Crippen LogP contribution < -0.4 is 10.6 Å². The van der Waals surface area contributed by atoms with Gasteiger partial charge in [-0.15, -0.1) is 0 Å². The molecule has 0 heterocycles. The number of amides is 2. The van der Waals surface area contributed by atoms with E-state index in [1.807, 2.05) is 13.8 Å². The van der Waals surface area contributed by atoms with Crippen molar-refractivity contribution in [1.82, 2.24) is 9.62 Å². The van der Waals surface area contributed by atoms with Crippen LogP contribution in [-0.4, -0.2) is 44.7 Å². The smallest absolute Gasteiger partial charge is 0.247 e. The minimum absolute atomic E-state index is 0.0842. The molecule has 0 aromatic heterocycles. The minimum Gasteiger partial charge on any atom is -0.344 e. The number of nitrogens with one attached hydrogen (secondary N) is 2. The number of carbonyl (C=O) groups is 2. The van der Waals surface area contributed by atoms with Crippen LogP contribution in [0.4, 0.5) is 5.69 Å². The molecule has 128 valence electrons. The molecule has 2 amide bonds. The van der Waals surface area contributed by atoms with E-state index in [0.29, 0.717) is 5.69 Å². The predicted molar refractivity (Wildman–Crippen MR) is 88.4 cm³/mol. The van der Waals surface area contributed by atoms with E-state index in [9.17, 15) is 18.0 Å². The Morgan fingerprint density at radius 3 is 2.26 bits per heavy atom. The molecule has 0 unspecified atom stereocenters. The van der Waals surface area contributed by atoms with Crippen molar-refractivity contribution in [2.75, 3.05) is 19.4 Å². The number of hydrogen-bond acceptors (Lipinski definition) is 4. The van der Waals surface area contributed by atoms with Crippen molar-refractivity contribution in [3.63, 3.8) is 0 Å². The molecule has 1 aromatic rings. The van der Waals surface area contributed by atoms with Crippen LogP contribution in [0.1, 0.15) is 20.8 Å². The van der Waals surface area contributed by atoms with Crippen molar-refractivity contribution < 1.29 is 18.0 Å². The van der Waals surface area contributed by atoms with Gasteiger partial charge in [-0.05, 0) is 24.1 Å². The molecule has 0 fully saturated rings. The van der Waals surface area contributed by atoms with Crippen LogP contribution >= 0.6 is 0 Å². The normalized spacial score (nSPS) is 13.0. The summed E-state index contributed by atoms with van der Waals surface area (Å²) < 4.78 is 25.3. The second-order valence-electron chi connectivity index (χ2n) is 5.73. The zero-order chi connectivity index (χ0) is 17.8. The lowest BCUT2D eigenvalue weighted by atomic mass is 10.0. The number of carbonyl (C=O) groups excluding carboxylic acids is 2. The highest BCUT2D eigenvalue weighted by molar-refractivity contribution is 7.89. The molecule has 2 N–H and O–H groups in total. The summed E-state index contributed by atoms with van der Waals surface area (Å²) in [6.07, 6.45) is 0. The second-order valence-corrected chi connectivity index (χ2v) is 7.88. The van der Waals surface area contributed by atoms with E-state index in [1.54, 1.807) is 12.1 Å². The molecule has 1 aromatic carbocycles. The molecule has 0 aliphatic rings. The van der Waals surface area contributed by atoms with Gasteiger partial charge in [-0.1, -0.05) is 19.9 Å². The number of rotatable bonds is 6. The van der Waals surface area contributed by atoms with Gasteiger partial charge in [-0.25, -0.2) is 12.7 Å². The summed E-state index contributed by atoms with van der Waals surface area (Å²) >= 11 is 0. The highest BCUT2D eigenvalue weighted by Gasteiger charge is 2.24. The highest BCUT2D eigenvalue weighted by Crippen LogP contribution is 2.18. The lowest BCUT2D eigenvalue weighted by molar-refractivity contribution is -0.126. The van der Waals surface area contributed by atoms with Crippen molar-refractivity contribution >= 4 is 27.5 Å². The Hall–Kier alpha value is -1.93. The van der Waals surface area contributed by atoms with Crippen molar-refractivity contribution in [3.8, 4) is 0 Å². The van der Waals surface area contributed by atoms with Crippen LogP contribution in [0.25, 0.3) is 0 Å². The number of benzene rings is 1. The predicted octanol–water partition coefficient (Wildman–Crippen LogP) is 1.04. The van der Waals surface area contributed by atoms with E-state index in [4.69, 9.17) is 0 Å². The summed E-state index contributed by atoms with van der Waals surface area (Å²) in [6, 6.07) is 5.30. The maximum absolute atomic E-state index is 12.3. The topological polar surface area (TPSA) is 95.6 Å². The average molecular weight is 341 g/mol. The fraction of sp³-hybridized carbons (Fsp3) is 0.467. The standard InChI is InChI=1S/C15H23N3O4S/c1-10(2)14(16-11(3)19)15(20)17-12-7-6-8-13(9-12)23(21,22)18(4)5/h6-10,14H,1-5H3,(H,16,19)(H,17,20)/t14-/m0/s1. The molecule has 1 atom stereocenters. The van der Waals surface area contributed by atoms with Gasteiger partial charge in [-0.2, -0.15) is 0 Å². The van der Waals surface area contributed by atoms with E-state index < -0.39 is 22.0 Å². The van der Waals surface area contributed by atoms with Crippen LogP contribution in [0.2, 0.25) is 0 Å². The number of hydrogen-bond donors (Lipinski definition) is 2. The van der Waals surface area contributed by atoms with Gasteiger partial charge in [0.25, 0.3) is 0 Å². The van der Waals surface area contributed by atoms with Crippen molar-refractivity contribution in [1.29, 1.82) is 0 Å². The van der Waals surface area contributed by atoms with Crippen molar-refractivity contribution in [2.24, 2.45) is 5.92 Å². The van der Waals surface area contributed by atoms with Crippen LogP contribution in [0.5, 0.6) is 0 Å². The molecule has 0 radical (unpaired) electrons. The van der Waals surface area contributed by atoms with Gasteiger partial charge < -0.3 is 10.6 Å². The van der Waals surface area contributed by atoms with E-state index in [2.05, 4.69) is 10.6 Å². The van der Waals surface area contributed by atoms with Gasteiger partial charge in [-0.3, -0.25) is 9.59 Å². The first kappa shape index (κ1) is 19.1. The van der Waals surface area contributed by atoms with E-state index in [1.165, 1.54) is 33.2 Å². The van der Waals surface area contributed by atoms with Gasteiger partial charge >= 0.3 is 0 Å². The van der Waals surface area contributed by atoms with Gasteiger partial charge in [0, 0.05) is 26.7 Å². The fourth-order valence-corrected chi connectivity index (χ4v) is 2.87. The second kappa shape index (κ2) is 7.56. The molecule has 7 nitrogen and oxygen atoms in total. The number of nitrogens with zero attached hydrogens (tertiary/aromatic N) is 1. The number of anilines is 1. The van der Waals surface area contributed by atoms with Crippen molar-refractivity contribution in [3.05, 3.63) is 24.3 Å². The Balaban J connectivity index is 3.01. The van der Waals surface area contributed by atoms with Crippen molar-refractivity contribution in [2.45, 2.75) is 31.7 Å². The molecule has 0 spiro atoms. The monoisotopic (exact) mass is 341 g/mol. The lowest BCUT2D eigenvalue weighted by Crippen LogP contribution is -2.46. The Labute approximate surface area is 137 Å². The van der Waals surface area contributed by atoms with Gasteiger partial charge in [0.15, 0.2) is 0 Å². The van der Waals surface area contributed by atoms with E-state index >= 15 is 0 Å². The SMILES string of the molecule is CC(=O)N[C@H](C(=O)Nc1cccc(S(=O)(=O)N(C)C)c1)C(C)C. The molecule has 0 aliphatic carbocycles. The quantitative estimate of drug-likeness (QED) is 0.808.